The number of hydrogen-bond donors (Lipinski definition) is 2. The van der Waals surface area contributed by atoms with Gasteiger partial charge in [0.15, 0.2) is 0 Å². The van der Waals surface area contributed by atoms with E-state index >= 15 is 0 Å². The highest BCUT2D eigenvalue weighted by Crippen LogP contribution is 2.28. The van der Waals surface area contributed by atoms with E-state index in [4.69, 9.17) is 17.3 Å². The molecule has 0 aliphatic heterocycles. The van der Waals surface area contributed by atoms with Crippen molar-refractivity contribution in [1.29, 1.82) is 0 Å². The molecule has 2 rings (SSSR count). The summed E-state index contributed by atoms with van der Waals surface area (Å²) in [7, 11) is 0. The molecule has 5 heteroatoms. The van der Waals surface area contributed by atoms with Gasteiger partial charge in [0.2, 0.25) is 5.91 Å². The maximum atomic E-state index is 11.5. The lowest BCUT2D eigenvalue weighted by atomic mass is 10.3. The van der Waals surface area contributed by atoms with Crippen LogP contribution in [0.4, 0.5) is 5.69 Å². The van der Waals surface area contributed by atoms with Crippen molar-refractivity contribution in [2.45, 2.75) is 30.2 Å². The molecule has 1 aromatic rings. The predicted molar refractivity (Wildman–Crippen MR) is 72.4 cm³/mol. The summed E-state index contributed by atoms with van der Waals surface area (Å²) >= 11 is 7.45. The van der Waals surface area contributed by atoms with Gasteiger partial charge < -0.3 is 11.1 Å². The molecule has 0 heterocycles. The minimum atomic E-state index is 0.126. The molecule has 1 aliphatic rings. The van der Waals surface area contributed by atoms with Gasteiger partial charge in [-0.3, -0.25) is 4.79 Å². The summed E-state index contributed by atoms with van der Waals surface area (Å²) in [6.45, 7) is 0. The van der Waals surface area contributed by atoms with Gasteiger partial charge in [0.25, 0.3) is 0 Å². The first-order valence-corrected chi connectivity index (χ1v) is 6.98. The van der Waals surface area contributed by atoms with Crippen LogP contribution in [0.1, 0.15) is 19.3 Å². The van der Waals surface area contributed by atoms with Crippen molar-refractivity contribution in [3.05, 3.63) is 23.2 Å². The Bertz CT molecular complexity index is 421. The van der Waals surface area contributed by atoms with E-state index in [-0.39, 0.29) is 5.91 Å². The number of anilines is 1. The zero-order valence-corrected chi connectivity index (χ0v) is 11.0. The molecule has 3 nitrogen and oxygen atoms in total. The molecular weight excluding hydrogens is 256 g/mol. The molecule has 0 saturated heterocycles. The molecule has 3 N–H and O–H groups in total. The molecule has 0 unspecified atom stereocenters. The Morgan fingerprint density at radius 2 is 2.29 bits per heavy atom. The van der Waals surface area contributed by atoms with E-state index in [0.717, 1.165) is 23.5 Å². The van der Waals surface area contributed by atoms with Crippen LogP contribution < -0.4 is 11.1 Å². The molecular formula is C12H15ClN2OS. The molecule has 0 radical (unpaired) electrons. The van der Waals surface area contributed by atoms with E-state index in [9.17, 15) is 4.79 Å². The molecule has 1 amide bonds. The lowest BCUT2D eigenvalue weighted by Gasteiger charge is -2.06. The standard InChI is InChI=1S/C12H15ClN2OS/c13-8-1-4-10(14)11(7-8)17-6-5-12(16)15-9-2-3-9/h1,4,7,9H,2-3,5-6,14H2,(H,15,16). The molecule has 0 bridgehead atoms. The number of rotatable bonds is 5. The number of amides is 1. The zero-order chi connectivity index (χ0) is 12.3. The Kier molecular flexibility index (Phi) is 4.18. The van der Waals surface area contributed by atoms with Crippen LogP contribution in [0, 0.1) is 0 Å². The number of nitrogens with one attached hydrogen (secondary N) is 1. The quantitative estimate of drug-likeness (QED) is 0.639. The third-order valence-electron chi connectivity index (χ3n) is 2.50. The fraction of sp³-hybridized carbons (Fsp3) is 0.417. The summed E-state index contributed by atoms with van der Waals surface area (Å²) in [5.74, 6) is 0.851. The maximum Gasteiger partial charge on any atom is 0.221 e. The van der Waals surface area contributed by atoms with E-state index in [1.165, 1.54) is 0 Å². The van der Waals surface area contributed by atoms with E-state index in [0.29, 0.717) is 23.2 Å². The summed E-state index contributed by atoms with van der Waals surface area (Å²) in [4.78, 5) is 12.4. The highest BCUT2D eigenvalue weighted by molar-refractivity contribution is 7.99. The van der Waals surface area contributed by atoms with Gasteiger partial charge in [-0.05, 0) is 31.0 Å². The smallest absolute Gasteiger partial charge is 0.221 e. The summed E-state index contributed by atoms with van der Waals surface area (Å²) < 4.78 is 0. The van der Waals surface area contributed by atoms with Crippen LogP contribution in [0.3, 0.4) is 0 Å². The van der Waals surface area contributed by atoms with E-state index in [1.807, 2.05) is 6.07 Å². The van der Waals surface area contributed by atoms with Crippen LogP contribution in [-0.2, 0) is 4.79 Å². The number of carbonyl (C=O) groups excluding carboxylic acids is 1. The highest BCUT2D eigenvalue weighted by atomic mass is 35.5. The first kappa shape index (κ1) is 12.6. The monoisotopic (exact) mass is 270 g/mol. The average molecular weight is 271 g/mol. The van der Waals surface area contributed by atoms with Crippen LogP contribution in [0.2, 0.25) is 5.02 Å². The number of nitrogens with two attached hydrogens (primary N) is 1. The lowest BCUT2D eigenvalue weighted by Crippen LogP contribution is -2.25. The van der Waals surface area contributed by atoms with Crippen molar-refractivity contribution < 1.29 is 4.79 Å². The van der Waals surface area contributed by atoms with Gasteiger partial charge in [-0.25, -0.2) is 0 Å². The Morgan fingerprint density at radius 1 is 1.53 bits per heavy atom. The van der Waals surface area contributed by atoms with Crippen molar-refractivity contribution in [3.8, 4) is 0 Å². The van der Waals surface area contributed by atoms with Crippen LogP contribution in [0.25, 0.3) is 0 Å². The van der Waals surface area contributed by atoms with Gasteiger partial charge in [-0.2, -0.15) is 0 Å². The lowest BCUT2D eigenvalue weighted by molar-refractivity contribution is -0.120. The van der Waals surface area contributed by atoms with Crippen molar-refractivity contribution in [2.75, 3.05) is 11.5 Å². The van der Waals surface area contributed by atoms with Gasteiger partial charge in [-0.1, -0.05) is 11.6 Å². The van der Waals surface area contributed by atoms with Crippen LogP contribution in [-0.4, -0.2) is 17.7 Å². The van der Waals surface area contributed by atoms with Gasteiger partial charge in [-0.15, -0.1) is 11.8 Å². The third kappa shape index (κ3) is 4.13. The maximum absolute atomic E-state index is 11.5. The Morgan fingerprint density at radius 3 is 3.00 bits per heavy atom. The van der Waals surface area contributed by atoms with E-state index in [2.05, 4.69) is 5.32 Å². The summed E-state index contributed by atoms with van der Waals surface area (Å²) in [6.07, 6.45) is 2.77. The van der Waals surface area contributed by atoms with Crippen molar-refractivity contribution in [3.63, 3.8) is 0 Å². The molecule has 0 spiro atoms. The fourth-order valence-corrected chi connectivity index (χ4v) is 2.60. The number of carbonyl (C=O) groups is 1. The predicted octanol–water partition coefficient (Wildman–Crippen LogP) is 2.68. The molecule has 1 saturated carbocycles. The SMILES string of the molecule is Nc1ccc(Cl)cc1SCCC(=O)NC1CC1. The molecule has 0 aromatic heterocycles. The number of thioether (sulfide) groups is 1. The summed E-state index contributed by atoms with van der Waals surface area (Å²) in [5.41, 5.74) is 6.53. The summed E-state index contributed by atoms with van der Waals surface area (Å²) in [5, 5.41) is 3.63. The largest absolute Gasteiger partial charge is 0.398 e. The second kappa shape index (κ2) is 5.65. The topological polar surface area (TPSA) is 55.1 Å². The molecule has 1 fully saturated rings. The molecule has 92 valence electrons. The molecule has 1 aliphatic carbocycles. The zero-order valence-electron chi connectivity index (χ0n) is 9.41. The van der Waals surface area contributed by atoms with Crippen LogP contribution >= 0.6 is 23.4 Å². The third-order valence-corrected chi connectivity index (χ3v) is 3.81. The molecule has 1 aromatic carbocycles. The van der Waals surface area contributed by atoms with Crippen molar-refractivity contribution in [1.82, 2.24) is 5.32 Å². The second-order valence-corrected chi connectivity index (χ2v) is 5.70. The Labute approximate surface area is 110 Å². The van der Waals surface area contributed by atoms with E-state index < -0.39 is 0 Å². The van der Waals surface area contributed by atoms with Crippen molar-refractivity contribution >= 4 is 35.0 Å². The van der Waals surface area contributed by atoms with Gasteiger partial charge in [0, 0.05) is 33.8 Å². The second-order valence-electron chi connectivity index (χ2n) is 4.12. The van der Waals surface area contributed by atoms with Crippen LogP contribution in [0.5, 0.6) is 0 Å². The van der Waals surface area contributed by atoms with Crippen molar-refractivity contribution in [2.24, 2.45) is 0 Å². The summed E-state index contributed by atoms with van der Waals surface area (Å²) in [6, 6.07) is 5.82. The minimum Gasteiger partial charge on any atom is -0.398 e. The normalized spacial score (nSPS) is 14.6. The van der Waals surface area contributed by atoms with Gasteiger partial charge >= 0.3 is 0 Å². The number of hydrogen-bond acceptors (Lipinski definition) is 3. The first-order chi connectivity index (χ1) is 8.15. The van der Waals surface area contributed by atoms with Gasteiger partial charge in [0.05, 0.1) is 0 Å². The highest BCUT2D eigenvalue weighted by Gasteiger charge is 2.22. The van der Waals surface area contributed by atoms with Gasteiger partial charge in [0.1, 0.15) is 0 Å². The minimum absolute atomic E-state index is 0.126. The first-order valence-electron chi connectivity index (χ1n) is 5.62. The number of halogens is 1. The number of nitrogen functional groups attached to an aromatic ring is 1. The van der Waals surface area contributed by atoms with E-state index in [1.54, 1.807) is 23.9 Å². The number of benzene rings is 1. The molecule has 0 atom stereocenters. The fourth-order valence-electron chi connectivity index (χ4n) is 1.41. The average Bonchev–Trinajstić information content (AvgIpc) is 3.07. The Balaban J connectivity index is 1.76. The Hall–Kier alpha value is -0.870. The van der Waals surface area contributed by atoms with Crippen LogP contribution in [0.15, 0.2) is 23.1 Å². The molecule has 17 heavy (non-hydrogen) atoms.